The van der Waals surface area contributed by atoms with Crippen molar-refractivity contribution < 1.29 is 17.6 Å². The highest BCUT2D eigenvalue weighted by molar-refractivity contribution is 5.94. The monoisotopic (exact) mass is 467 g/mol. The van der Waals surface area contributed by atoms with Gasteiger partial charge in [0.15, 0.2) is 11.6 Å². The number of rotatable bonds is 2. The molecule has 0 fully saturated rings. The van der Waals surface area contributed by atoms with Crippen LogP contribution in [-0.4, -0.2) is 32.6 Å². The minimum absolute atomic E-state index is 0.0265. The maximum Gasteiger partial charge on any atom is 0.257 e. The van der Waals surface area contributed by atoms with Crippen molar-refractivity contribution in [2.45, 2.75) is 40.0 Å². The number of benzene rings is 2. The molecule has 2 aromatic carbocycles. The summed E-state index contributed by atoms with van der Waals surface area (Å²) in [6.45, 7) is 5.02. The molecule has 0 bridgehead atoms. The van der Waals surface area contributed by atoms with Gasteiger partial charge in [-0.15, -0.1) is 10.2 Å². The second kappa shape index (κ2) is 7.97. The molecule has 4 aromatic rings. The van der Waals surface area contributed by atoms with Crippen molar-refractivity contribution >= 4 is 28.2 Å². The smallest absolute Gasteiger partial charge is 0.257 e. The van der Waals surface area contributed by atoms with Crippen molar-refractivity contribution in [3.05, 3.63) is 58.9 Å². The first kappa shape index (κ1) is 22.1. The third-order valence-corrected chi connectivity index (χ3v) is 6.12. The summed E-state index contributed by atoms with van der Waals surface area (Å²) in [7, 11) is 0. The topological polar surface area (TPSA) is 46.3 Å². The van der Waals surface area contributed by atoms with Crippen LogP contribution in [0.1, 0.15) is 37.2 Å². The minimum atomic E-state index is -2.58. The SMILES string of the molecule is Cc1nnc2nc(N3CCCc4c(C#CC(C)(C)C(F)F)cccc43)c3c(F)c(F)ccc3n12. The first-order valence-corrected chi connectivity index (χ1v) is 10.9. The number of aryl methyl sites for hydroxylation is 1. The summed E-state index contributed by atoms with van der Waals surface area (Å²) >= 11 is 0. The van der Waals surface area contributed by atoms with E-state index in [0.29, 0.717) is 36.3 Å². The Hall–Kier alpha value is -3.67. The molecule has 0 unspecified atom stereocenters. The highest BCUT2D eigenvalue weighted by Crippen LogP contribution is 2.39. The Morgan fingerprint density at radius 1 is 1.09 bits per heavy atom. The lowest BCUT2D eigenvalue weighted by Crippen LogP contribution is -2.27. The third-order valence-electron chi connectivity index (χ3n) is 6.12. The van der Waals surface area contributed by atoms with Crippen LogP contribution in [0.4, 0.5) is 29.1 Å². The van der Waals surface area contributed by atoms with Gasteiger partial charge in [0.1, 0.15) is 11.6 Å². The summed E-state index contributed by atoms with van der Waals surface area (Å²) < 4.78 is 57.7. The molecule has 0 amide bonds. The molecule has 174 valence electrons. The zero-order valence-electron chi connectivity index (χ0n) is 18.8. The molecule has 9 heteroatoms. The Bertz CT molecular complexity index is 1500. The molecule has 34 heavy (non-hydrogen) atoms. The van der Waals surface area contributed by atoms with E-state index >= 15 is 4.39 Å². The van der Waals surface area contributed by atoms with E-state index < -0.39 is 23.5 Å². The molecule has 3 heterocycles. The predicted molar refractivity (Wildman–Crippen MR) is 121 cm³/mol. The zero-order valence-corrected chi connectivity index (χ0v) is 18.8. The van der Waals surface area contributed by atoms with E-state index in [4.69, 9.17) is 0 Å². The number of anilines is 2. The first-order valence-electron chi connectivity index (χ1n) is 10.9. The van der Waals surface area contributed by atoms with E-state index in [1.165, 1.54) is 19.9 Å². The van der Waals surface area contributed by atoms with Gasteiger partial charge >= 0.3 is 0 Å². The molecule has 1 aliphatic rings. The van der Waals surface area contributed by atoms with Crippen molar-refractivity contribution in [2.75, 3.05) is 11.4 Å². The van der Waals surface area contributed by atoms with Crippen LogP contribution in [0.3, 0.4) is 0 Å². The third kappa shape index (κ3) is 3.45. The van der Waals surface area contributed by atoms with Gasteiger partial charge in [0.25, 0.3) is 12.2 Å². The summed E-state index contributed by atoms with van der Waals surface area (Å²) in [5.41, 5.74) is 1.17. The van der Waals surface area contributed by atoms with Gasteiger partial charge in [-0.3, -0.25) is 4.40 Å². The number of nitrogens with zero attached hydrogens (tertiary/aromatic N) is 5. The average Bonchev–Trinajstić information content (AvgIpc) is 3.19. The second-order valence-electron chi connectivity index (χ2n) is 8.90. The quantitative estimate of drug-likeness (QED) is 0.285. The van der Waals surface area contributed by atoms with E-state index in [-0.39, 0.29) is 17.0 Å². The molecule has 0 saturated heterocycles. The summed E-state index contributed by atoms with van der Waals surface area (Å²) in [6.07, 6.45) is -1.21. The highest BCUT2D eigenvalue weighted by Gasteiger charge is 2.29. The normalized spacial score (nSPS) is 13.9. The van der Waals surface area contributed by atoms with Crippen molar-refractivity contribution in [3.63, 3.8) is 0 Å². The molecule has 0 atom stereocenters. The van der Waals surface area contributed by atoms with Crippen LogP contribution in [0.15, 0.2) is 30.3 Å². The lowest BCUT2D eigenvalue weighted by atomic mass is 9.92. The molecule has 0 N–H and O–H groups in total. The molecule has 1 aliphatic heterocycles. The van der Waals surface area contributed by atoms with Gasteiger partial charge in [-0.1, -0.05) is 17.9 Å². The maximum atomic E-state index is 15.2. The Balaban J connectivity index is 1.73. The Morgan fingerprint density at radius 2 is 1.88 bits per heavy atom. The lowest BCUT2D eigenvalue weighted by molar-refractivity contribution is 0.0570. The number of aromatic nitrogens is 4. The van der Waals surface area contributed by atoms with Gasteiger partial charge in [-0.2, -0.15) is 4.98 Å². The molecule has 5 nitrogen and oxygen atoms in total. The Morgan fingerprint density at radius 3 is 2.65 bits per heavy atom. The molecule has 0 saturated carbocycles. The zero-order chi connectivity index (χ0) is 24.2. The van der Waals surface area contributed by atoms with Crippen molar-refractivity contribution in [3.8, 4) is 11.8 Å². The molecule has 2 aromatic heterocycles. The summed E-state index contributed by atoms with van der Waals surface area (Å²) in [5, 5.41) is 8.15. The van der Waals surface area contributed by atoms with Crippen molar-refractivity contribution in [1.29, 1.82) is 0 Å². The minimum Gasteiger partial charge on any atom is -0.325 e. The number of hydrogen-bond acceptors (Lipinski definition) is 4. The standard InChI is InChI=1S/C25H21F4N5/c1-14-31-32-24-30-22(20-19(34(14)24)10-9-17(26)21(20)27)33-13-5-7-16-15(6-4-8-18(16)33)11-12-25(2,3)23(28)29/h4,6,8-10,23H,5,7,13H2,1-3H3. The number of hydrogen-bond donors (Lipinski definition) is 0. The summed E-state index contributed by atoms with van der Waals surface area (Å²) in [5.74, 6) is 4.63. The van der Waals surface area contributed by atoms with Gasteiger partial charge in [0.05, 0.1) is 16.3 Å². The van der Waals surface area contributed by atoms with Crippen LogP contribution in [0.5, 0.6) is 0 Å². The molecule has 0 spiro atoms. The molecule has 5 rings (SSSR count). The molecular weight excluding hydrogens is 446 g/mol. The van der Waals surface area contributed by atoms with Gasteiger partial charge in [-0.25, -0.2) is 17.6 Å². The second-order valence-corrected chi connectivity index (χ2v) is 8.90. The van der Waals surface area contributed by atoms with Gasteiger partial charge in [-0.05, 0) is 63.4 Å². The predicted octanol–water partition coefficient (Wildman–Crippen LogP) is 5.59. The van der Waals surface area contributed by atoms with Crippen molar-refractivity contribution in [2.24, 2.45) is 5.41 Å². The summed E-state index contributed by atoms with van der Waals surface area (Å²) in [6, 6.07) is 7.97. The first-order chi connectivity index (χ1) is 16.2. The van der Waals surface area contributed by atoms with E-state index in [1.807, 2.05) is 11.0 Å². The maximum absolute atomic E-state index is 15.2. The van der Waals surface area contributed by atoms with E-state index in [2.05, 4.69) is 27.0 Å². The fourth-order valence-electron chi connectivity index (χ4n) is 4.24. The lowest BCUT2D eigenvalue weighted by Gasteiger charge is -2.32. The van der Waals surface area contributed by atoms with Crippen LogP contribution in [0.2, 0.25) is 0 Å². The number of halogens is 4. The fraction of sp³-hybridized carbons (Fsp3) is 0.320. The Labute approximate surface area is 193 Å². The van der Waals surface area contributed by atoms with Crippen LogP contribution in [0, 0.1) is 35.8 Å². The van der Waals surface area contributed by atoms with E-state index in [0.717, 1.165) is 17.3 Å². The number of fused-ring (bicyclic) bond motifs is 4. The summed E-state index contributed by atoms with van der Waals surface area (Å²) in [4.78, 5) is 6.38. The van der Waals surface area contributed by atoms with Gasteiger partial charge in [0.2, 0.25) is 0 Å². The molecule has 0 aliphatic carbocycles. The van der Waals surface area contributed by atoms with Crippen LogP contribution < -0.4 is 4.90 Å². The van der Waals surface area contributed by atoms with Crippen LogP contribution in [0.25, 0.3) is 16.7 Å². The molecule has 0 radical (unpaired) electrons. The Kier molecular flexibility index (Phi) is 5.19. The molecular formula is C25H21F4N5. The largest absolute Gasteiger partial charge is 0.325 e. The van der Waals surface area contributed by atoms with Crippen LogP contribution in [-0.2, 0) is 6.42 Å². The van der Waals surface area contributed by atoms with Crippen LogP contribution >= 0.6 is 0 Å². The van der Waals surface area contributed by atoms with E-state index in [9.17, 15) is 13.2 Å². The van der Waals surface area contributed by atoms with Gasteiger partial charge in [0, 0.05) is 17.8 Å². The van der Waals surface area contributed by atoms with E-state index in [1.54, 1.807) is 23.5 Å². The fourth-order valence-corrected chi connectivity index (χ4v) is 4.24. The highest BCUT2D eigenvalue weighted by atomic mass is 19.3. The van der Waals surface area contributed by atoms with Crippen molar-refractivity contribution in [1.82, 2.24) is 19.6 Å². The average molecular weight is 467 g/mol. The van der Waals surface area contributed by atoms with Gasteiger partial charge < -0.3 is 4.90 Å². The number of alkyl halides is 2.